The number of carbonyl (C=O) groups is 2. The van der Waals surface area contributed by atoms with E-state index in [2.05, 4.69) is 16.0 Å². The highest BCUT2D eigenvalue weighted by molar-refractivity contribution is 5.83. The molecule has 0 saturated carbocycles. The molecule has 7 nitrogen and oxygen atoms in total. The van der Waals surface area contributed by atoms with Crippen molar-refractivity contribution in [1.82, 2.24) is 14.9 Å². The van der Waals surface area contributed by atoms with Gasteiger partial charge in [0.05, 0.1) is 0 Å². The molecule has 0 aliphatic carbocycles. The zero-order valence-electron chi connectivity index (χ0n) is 16.4. The third kappa shape index (κ3) is 4.47. The minimum atomic E-state index is -0.853. The Morgan fingerprint density at radius 2 is 1.96 bits per heavy atom. The molecule has 1 aliphatic heterocycles. The summed E-state index contributed by atoms with van der Waals surface area (Å²) in [4.78, 5) is 45.4. The number of aryl methyl sites for hydroxylation is 2. The number of benzene rings is 1. The molecule has 2 heterocycles. The van der Waals surface area contributed by atoms with Gasteiger partial charge in [-0.05, 0) is 44.7 Å². The van der Waals surface area contributed by atoms with Gasteiger partial charge in [0.15, 0.2) is 6.10 Å². The van der Waals surface area contributed by atoms with E-state index in [0.29, 0.717) is 30.2 Å². The summed E-state index contributed by atoms with van der Waals surface area (Å²) in [5.74, 6) is -0.164. The largest absolute Gasteiger partial charge is 0.453 e. The summed E-state index contributed by atoms with van der Waals surface area (Å²) >= 11 is 0. The van der Waals surface area contributed by atoms with Gasteiger partial charge in [0.1, 0.15) is 5.82 Å². The van der Waals surface area contributed by atoms with Crippen LogP contribution in [0.2, 0.25) is 0 Å². The molecule has 0 fully saturated rings. The average molecular weight is 383 g/mol. The van der Waals surface area contributed by atoms with Gasteiger partial charge in [-0.15, -0.1) is 0 Å². The van der Waals surface area contributed by atoms with Crippen molar-refractivity contribution >= 4 is 11.9 Å². The highest BCUT2D eigenvalue weighted by Gasteiger charge is 2.27. The molecule has 0 bridgehead atoms. The summed E-state index contributed by atoms with van der Waals surface area (Å²) in [6, 6.07) is 8.04. The molecule has 1 atom stereocenters. The van der Waals surface area contributed by atoms with Crippen LogP contribution in [0.3, 0.4) is 0 Å². The summed E-state index contributed by atoms with van der Waals surface area (Å²) in [6.07, 6.45) is 0.194. The fourth-order valence-electron chi connectivity index (χ4n) is 3.52. The van der Waals surface area contributed by atoms with E-state index in [0.717, 1.165) is 12.0 Å². The number of nitrogens with zero attached hydrogens (tertiary/aromatic N) is 2. The molecular formula is C21H25N3O4. The molecule has 1 amide bonds. The van der Waals surface area contributed by atoms with Gasteiger partial charge in [-0.2, -0.15) is 0 Å². The maximum Gasteiger partial charge on any atom is 0.306 e. The Hall–Kier alpha value is -2.96. The first kappa shape index (κ1) is 19.8. The number of ether oxygens (including phenoxy) is 1. The van der Waals surface area contributed by atoms with Crippen molar-refractivity contribution in [1.29, 1.82) is 0 Å². The Morgan fingerprint density at radius 1 is 1.25 bits per heavy atom. The molecule has 148 valence electrons. The van der Waals surface area contributed by atoms with E-state index in [9.17, 15) is 14.4 Å². The van der Waals surface area contributed by atoms with E-state index in [4.69, 9.17) is 4.74 Å². The molecule has 0 unspecified atom stereocenters. The van der Waals surface area contributed by atoms with E-state index < -0.39 is 12.1 Å². The topological polar surface area (TPSA) is 92.4 Å². The Balaban J connectivity index is 1.54. The Bertz CT molecular complexity index is 951. The summed E-state index contributed by atoms with van der Waals surface area (Å²) in [5, 5.41) is 0. The van der Waals surface area contributed by atoms with Crippen LogP contribution in [0.1, 0.15) is 41.6 Å². The zero-order chi connectivity index (χ0) is 20.3. The number of amides is 1. The molecular weight excluding hydrogens is 358 g/mol. The highest BCUT2D eigenvalue weighted by atomic mass is 16.5. The molecule has 28 heavy (non-hydrogen) atoms. The molecule has 1 N–H and O–H groups in total. The van der Waals surface area contributed by atoms with Crippen molar-refractivity contribution in [2.75, 3.05) is 6.54 Å². The first-order valence-electron chi connectivity index (χ1n) is 9.46. The smallest absolute Gasteiger partial charge is 0.306 e. The second-order valence-corrected chi connectivity index (χ2v) is 7.13. The second kappa shape index (κ2) is 8.37. The zero-order valence-corrected chi connectivity index (χ0v) is 16.4. The van der Waals surface area contributed by atoms with Gasteiger partial charge >= 0.3 is 5.97 Å². The number of aromatic nitrogens is 2. The van der Waals surface area contributed by atoms with Gasteiger partial charge in [0, 0.05) is 30.8 Å². The van der Waals surface area contributed by atoms with Crippen LogP contribution in [0.4, 0.5) is 0 Å². The van der Waals surface area contributed by atoms with Crippen LogP contribution in [-0.2, 0) is 33.7 Å². The number of esters is 1. The molecule has 1 aromatic heterocycles. The number of rotatable bonds is 5. The predicted molar refractivity (Wildman–Crippen MR) is 104 cm³/mol. The molecule has 0 spiro atoms. The van der Waals surface area contributed by atoms with Crippen LogP contribution in [0, 0.1) is 13.8 Å². The van der Waals surface area contributed by atoms with Crippen LogP contribution < -0.4 is 5.56 Å². The standard InChI is InChI=1S/C21H25N3O4/c1-13-18(20(26)23-15(3)22-13)8-9-19(25)28-14(2)21(27)24-11-10-16-6-4-5-7-17(16)12-24/h4-7,14H,8-12H2,1-3H3,(H,22,23,26)/t14-/m1/s1. The van der Waals surface area contributed by atoms with Crippen LogP contribution in [0.15, 0.2) is 29.1 Å². The summed E-state index contributed by atoms with van der Waals surface area (Å²) in [5.41, 5.74) is 3.21. The van der Waals surface area contributed by atoms with Gasteiger partial charge in [0.2, 0.25) is 0 Å². The number of H-pyrrole nitrogens is 1. The third-order valence-electron chi connectivity index (χ3n) is 5.02. The van der Waals surface area contributed by atoms with E-state index in [1.807, 2.05) is 18.2 Å². The normalized spacial score (nSPS) is 14.3. The fourth-order valence-corrected chi connectivity index (χ4v) is 3.52. The minimum absolute atomic E-state index is 0.0229. The number of nitrogens with one attached hydrogen (secondary N) is 1. The quantitative estimate of drug-likeness (QED) is 0.796. The lowest BCUT2D eigenvalue weighted by molar-refractivity contribution is -0.159. The monoisotopic (exact) mass is 383 g/mol. The van der Waals surface area contributed by atoms with Crippen LogP contribution >= 0.6 is 0 Å². The van der Waals surface area contributed by atoms with Crippen molar-refractivity contribution in [3.63, 3.8) is 0 Å². The average Bonchev–Trinajstić information content (AvgIpc) is 2.66. The Labute approximate surface area is 163 Å². The number of fused-ring (bicyclic) bond motifs is 1. The van der Waals surface area contributed by atoms with Gasteiger partial charge in [0.25, 0.3) is 11.5 Å². The Morgan fingerprint density at radius 3 is 2.68 bits per heavy atom. The SMILES string of the molecule is Cc1nc(C)c(CCC(=O)O[C@H](C)C(=O)N2CCc3ccccc3C2)c(=O)[nH]1. The molecule has 1 aromatic carbocycles. The van der Waals surface area contributed by atoms with Gasteiger partial charge in [-0.25, -0.2) is 4.98 Å². The van der Waals surface area contributed by atoms with Gasteiger partial charge in [-0.1, -0.05) is 24.3 Å². The molecule has 0 saturated heterocycles. The van der Waals surface area contributed by atoms with Crippen LogP contribution in [0.5, 0.6) is 0 Å². The van der Waals surface area contributed by atoms with Crippen molar-refractivity contribution < 1.29 is 14.3 Å². The molecule has 1 aliphatic rings. The highest BCUT2D eigenvalue weighted by Crippen LogP contribution is 2.19. The first-order valence-corrected chi connectivity index (χ1v) is 9.46. The second-order valence-electron chi connectivity index (χ2n) is 7.13. The number of aromatic amines is 1. The van der Waals surface area contributed by atoms with E-state index in [1.165, 1.54) is 5.56 Å². The molecule has 7 heteroatoms. The maximum atomic E-state index is 12.6. The van der Waals surface area contributed by atoms with E-state index in [-0.39, 0.29) is 24.3 Å². The maximum absolute atomic E-state index is 12.6. The third-order valence-corrected chi connectivity index (χ3v) is 5.02. The summed E-state index contributed by atoms with van der Waals surface area (Å²) in [6.45, 7) is 6.18. The van der Waals surface area contributed by atoms with E-state index >= 15 is 0 Å². The molecule has 2 aromatic rings. The minimum Gasteiger partial charge on any atom is -0.453 e. The number of carbonyl (C=O) groups excluding carboxylic acids is 2. The van der Waals surface area contributed by atoms with Crippen LogP contribution in [0.25, 0.3) is 0 Å². The van der Waals surface area contributed by atoms with Crippen LogP contribution in [-0.4, -0.2) is 39.4 Å². The first-order chi connectivity index (χ1) is 13.3. The number of hydrogen-bond acceptors (Lipinski definition) is 5. The van der Waals surface area contributed by atoms with Crippen molar-refractivity contribution in [3.05, 3.63) is 62.8 Å². The lowest BCUT2D eigenvalue weighted by Crippen LogP contribution is -2.42. The lowest BCUT2D eigenvalue weighted by Gasteiger charge is -2.30. The Kier molecular flexibility index (Phi) is 5.92. The fraction of sp³-hybridized carbons (Fsp3) is 0.429. The van der Waals surface area contributed by atoms with Crippen molar-refractivity contribution in [3.8, 4) is 0 Å². The lowest BCUT2D eigenvalue weighted by atomic mass is 9.99. The molecule has 0 radical (unpaired) electrons. The summed E-state index contributed by atoms with van der Waals surface area (Å²) < 4.78 is 5.32. The van der Waals surface area contributed by atoms with Crippen molar-refractivity contribution in [2.24, 2.45) is 0 Å². The summed E-state index contributed by atoms with van der Waals surface area (Å²) in [7, 11) is 0. The van der Waals surface area contributed by atoms with Gasteiger partial charge < -0.3 is 14.6 Å². The van der Waals surface area contributed by atoms with E-state index in [1.54, 1.807) is 25.7 Å². The van der Waals surface area contributed by atoms with Crippen molar-refractivity contribution in [2.45, 2.75) is 52.7 Å². The molecule has 3 rings (SSSR count). The number of hydrogen-bond donors (Lipinski definition) is 1. The van der Waals surface area contributed by atoms with Gasteiger partial charge in [-0.3, -0.25) is 14.4 Å². The predicted octanol–water partition coefficient (Wildman–Crippen LogP) is 1.84.